The van der Waals surface area contributed by atoms with Crippen molar-refractivity contribution in [1.29, 1.82) is 0 Å². The molecule has 0 radical (unpaired) electrons. The average molecular weight is 1950 g/mol. The molecule has 9 aromatic rings. The summed E-state index contributed by atoms with van der Waals surface area (Å²) in [5.41, 5.74) is 8.64. The zero-order valence-electron chi connectivity index (χ0n) is 86.5. The normalized spacial score (nSPS) is 10.8. The monoisotopic (exact) mass is 1950 g/mol. The van der Waals surface area contributed by atoms with Crippen LogP contribution in [0.15, 0.2) is 95.3 Å². The lowest BCUT2D eigenvalue weighted by atomic mass is 10.1. The van der Waals surface area contributed by atoms with Crippen LogP contribution >= 0.6 is 0 Å². The Morgan fingerprint density at radius 1 is 0.146 bits per heavy atom. The highest BCUT2D eigenvalue weighted by Gasteiger charge is 2.09. The van der Waals surface area contributed by atoms with Crippen molar-refractivity contribution >= 4 is 0 Å². The van der Waals surface area contributed by atoms with Gasteiger partial charge in [-0.1, -0.05) is 52.8 Å². The fourth-order valence-electron chi connectivity index (χ4n) is 11.6. The van der Waals surface area contributed by atoms with Gasteiger partial charge in [0, 0.05) is 237 Å². The van der Waals surface area contributed by atoms with Crippen LogP contribution in [-0.2, 0) is 148 Å². The highest BCUT2D eigenvalue weighted by atomic mass is 16.6. The van der Waals surface area contributed by atoms with Gasteiger partial charge in [-0.15, -0.1) is 0 Å². The summed E-state index contributed by atoms with van der Waals surface area (Å²) in [6, 6.07) is 17.5. The number of hydrogen-bond donors (Lipinski definition) is 0. The Morgan fingerprint density at radius 2 is 0.307 bits per heavy atom. The van der Waals surface area contributed by atoms with Crippen LogP contribution in [-0.4, -0.2) is 282 Å². The molecule has 0 N–H and O–H groups in total. The summed E-state index contributed by atoms with van der Waals surface area (Å²) in [5, 5.41) is 35.0. The van der Waals surface area contributed by atoms with Crippen LogP contribution in [0.3, 0.4) is 0 Å². The number of unbranched alkanes of at least 4 members (excludes halogenated alkanes) is 9. The zero-order valence-corrected chi connectivity index (χ0v) is 86.5. The second-order valence-electron chi connectivity index (χ2n) is 31.8. The second kappa shape index (κ2) is 95.7. The summed E-state index contributed by atoms with van der Waals surface area (Å²) in [6.07, 6.45) is 26.8. The lowest BCUT2D eigenvalue weighted by Gasteiger charge is -2.03. The SMILES string of the molecule is COCCCCCOCc1cc(C)on1.COCCCCOCCCc1cc(C)on1.COCCCCOCCc1cc(C)on1.COCCCCOCc1cc(C)on1.COCCCOCCCCc1cc(C)on1.COCCCOCCCc1cc(C)on1.COCCOCCCCCc1cc(C)on1.COCCOCCCCc1cc(C)on1.COCCOCCOCc1cc(C)on1. The van der Waals surface area contributed by atoms with E-state index in [9.17, 15) is 0 Å². The van der Waals surface area contributed by atoms with Crippen LogP contribution in [0, 0.1) is 62.3 Å². The number of aryl methyl sites for hydroxylation is 14. The van der Waals surface area contributed by atoms with E-state index in [2.05, 4.69) is 46.4 Å². The molecular formula is C100H173N9O28. The van der Waals surface area contributed by atoms with Crippen molar-refractivity contribution in [3.63, 3.8) is 0 Å². The molecule has 0 aromatic carbocycles. The lowest BCUT2D eigenvalue weighted by molar-refractivity contribution is 0.0187. The minimum absolute atomic E-state index is 0.463. The molecule has 9 heterocycles. The first-order valence-corrected chi connectivity index (χ1v) is 48.4. The fourth-order valence-corrected chi connectivity index (χ4v) is 11.6. The molecule has 0 atom stereocenters. The third-order valence-electron chi connectivity index (χ3n) is 18.7. The topological polar surface area (TPSA) is 410 Å². The molecule has 0 amide bonds. The first-order valence-electron chi connectivity index (χ1n) is 48.4. The molecule has 9 rings (SSSR count). The Morgan fingerprint density at radius 3 is 0.584 bits per heavy atom. The van der Waals surface area contributed by atoms with Crippen molar-refractivity contribution in [2.45, 2.75) is 249 Å². The summed E-state index contributed by atoms with van der Waals surface area (Å²) < 4.78 is 143. The number of methoxy groups -OCH3 is 9. The van der Waals surface area contributed by atoms with Crippen molar-refractivity contribution in [3.8, 4) is 0 Å². The highest BCUT2D eigenvalue weighted by Crippen LogP contribution is 2.14. The van der Waals surface area contributed by atoms with Gasteiger partial charge in [-0.05, 0) is 216 Å². The largest absolute Gasteiger partial charge is 0.385 e. The smallest absolute Gasteiger partial charge is 0.134 e. The Hall–Kier alpha value is -7.87. The molecule has 37 heteroatoms. The third kappa shape index (κ3) is 83.6. The summed E-state index contributed by atoms with van der Waals surface area (Å²) in [4.78, 5) is 0. The molecule has 0 spiro atoms. The standard InChI is InChI=1S/3C12H21NO3.4C11H19NO3.C10H17NO4.C10H17NO3/c1-11-10-12(13-16-11)6-5-9-15-8-4-3-7-14-2;1-11-10-12(13-16-11)6-3-4-8-15-9-5-7-14-2;1-11-10-12(13-16-11)6-4-3-5-7-15-9-8-14-2;1-10-9-11(12-15-10)5-3-7-14-8-4-6-13-2;1-10-9-11(12-15-10)5-8-14-7-4-3-6-13-2;1-10-9-11(12-15-10)5-3-4-6-14-8-7-13-2;1-10-8-11(12-15-10)9-14-7-5-3-4-6-13-2;1-9-7-10(11-15-9)8-14-6-5-13-4-3-12-2;1-9-7-10(11-14-9)8-13-6-4-3-5-12-2/h3*10H,3-9H2,1-2H3;3*9H,3-8H2,1-2H3;8H,3-7,9H2,1-2H3;7H,3-6,8H2,1-2H3;7H,3-6,8H2,1-2H3. The van der Waals surface area contributed by atoms with Crippen molar-refractivity contribution in [2.24, 2.45) is 0 Å². The summed E-state index contributed by atoms with van der Waals surface area (Å²) in [7, 11) is 15.3. The number of nitrogens with zero attached hydrogens (tertiary/aromatic N) is 9. The number of rotatable bonds is 74. The van der Waals surface area contributed by atoms with Crippen LogP contribution in [0.5, 0.6) is 0 Å². The highest BCUT2D eigenvalue weighted by molar-refractivity contribution is 5.08. The quantitative estimate of drug-likeness (QED) is 0.0319. The van der Waals surface area contributed by atoms with E-state index in [1.165, 1.54) is 6.42 Å². The molecule has 0 bridgehead atoms. The van der Waals surface area contributed by atoms with Crippen LogP contribution < -0.4 is 0 Å². The summed E-state index contributed by atoms with van der Waals surface area (Å²) in [5.74, 6) is 7.68. The van der Waals surface area contributed by atoms with E-state index in [1.54, 1.807) is 64.0 Å². The van der Waals surface area contributed by atoms with E-state index in [0.717, 1.165) is 376 Å². The van der Waals surface area contributed by atoms with E-state index in [4.69, 9.17) is 131 Å². The molecule has 137 heavy (non-hydrogen) atoms. The van der Waals surface area contributed by atoms with Crippen molar-refractivity contribution in [2.75, 3.05) is 236 Å². The average Bonchev–Trinajstić information content (AvgIpc) is 1.86. The van der Waals surface area contributed by atoms with Crippen LogP contribution in [0.4, 0.5) is 0 Å². The Labute approximate surface area is 815 Å². The molecule has 786 valence electrons. The summed E-state index contributed by atoms with van der Waals surface area (Å²) >= 11 is 0. The van der Waals surface area contributed by atoms with Gasteiger partial charge in [0.05, 0.1) is 113 Å². The molecule has 0 aliphatic rings. The summed E-state index contributed by atoms with van der Waals surface area (Å²) in [6.45, 7) is 37.8. The Balaban J connectivity index is 0.000000771. The van der Waals surface area contributed by atoms with Gasteiger partial charge in [0.2, 0.25) is 0 Å². The van der Waals surface area contributed by atoms with Crippen LogP contribution in [0.2, 0.25) is 0 Å². The molecule has 0 aliphatic carbocycles. The van der Waals surface area contributed by atoms with Gasteiger partial charge in [-0.2, -0.15) is 0 Å². The molecule has 9 aromatic heterocycles. The lowest BCUT2D eigenvalue weighted by Crippen LogP contribution is -2.08. The van der Waals surface area contributed by atoms with E-state index < -0.39 is 0 Å². The second-order valence-corrected chi connectivity index (χ2v) is 31.8. The predicted octanol–water partition coefficient (Wildman–Crippen LogP) is 18.4. The molecule has 0 fully saturated rings. The first kappa shape index (κ1) is 127. The van der Waals surface area contributed by atoms with Gasteiger partial charge in [-0.25, -0.2) is 0 Å². The van der Waals surface area contributed by atoms with E-state index in [1.807, 2.05) is 117 Å². The van der Waals surface area contributed by atoms with Gasteiger partial charge in [-0.3, -0.25) is 0 Å². The number of aromatic nitrogens is 9. The predicted molar refractivity (Wildman–Crippen MR) is 517 cm³/mol. The van der Waals surface area contributed by atoms with Crippen molar-refractivity contribution in [3.05, 3.63) is 158 Å². The van der Waals surface area contributed by atoms with Gasteiger partial charge < -0.3 is 131 Å². The number of ether oxygens (including phenoxy) is 19. The maximum absolute atomic E-state index is 5.49. The minimum Gasteiger partial charge on any atom is -0.385 e. The fraction of sp³-hybridized carbons (Fsp3) is 0.730. The van der Waals surface area contributed by atoms with Gasteiger partial charge in [0.15, 0.2) is 0 Å². The van der Waals surface area contributed by atoms with Gasteiger partial charge in [0.1, 0.15) is 68.9 Å². The molecule has 0 saturated heterocycles. The van der Waals surface area contributed by atoms with Crippen molar-refractivity contribution < 1.29 is 131 Å². The maximum atomic E-state index is 5.49. The molecule has 0 aliphatic heterocycles. The maximum Gasteiger partial charge on any atom is 0.134 e. The third-order valence-corrected chi connectivity index (χ3v) is 18.7. The van der Waals surface area contributed by atoms with Crippen molar-refractivity contribution in [1.82, 2.24) is 46.4 Å². The van der Waals surface area contributed by atoms with Crippen LogP contribution in [0.1, 0.15) is 232 Å². The molecule has 0 unspecified atom stereocenters. The first-order chi connectivity index (χ1) is 66.9. The van der Waals surface area contributed by atoms with Crippen LogP contribution in [0.25, 0.3) is 0 Å². The Bertz CT molecular complexity index is 3480. The zero-order chi connectivity index (χ0) is 99.8. The Kier molecular flexibility index (Phi) is 88.8. The van der Waals surface area contributed by atoms with Gasteiger partial charge in [0.25, 0.3) is 0 Å². The van der Waals surface area contributed by atoms with E-state index in [-0.39, 0.29) is 0 Å². The number of hydrogen-bond acceptors (Lipinski definition) is 37. The minimum atomic E-state index is 0.463. The molecule has 37 nitrogen and oxygen atoms in total. The molecule has 0 saturated carbocycles. The molecular weight excluding hydrogens is 1780 g/mol. The van der Waals surface area contributed by atoms with Gasteiger partial charge >= 0.3 is 0 Å². The van der Waals surface area contributed by atoms with E-state index >= 15 is 0 Å². The van der Waals surface area contributed by atoms with E-state index in [0.29, 0.717) is 79.3 Å².